The third-order valence-electron chi connectivity index (χ3n) is 3.03. The van der Waals surface area contributed by atoms with Crippen LogP contribution in [0.4, 0.5) is 11.4 Å². The Kier molecular flexibility index (Phi) is 4.29. The van der Waals surface area contributed by atoms with Crippen LogP contribution in [-0.4, -0.2) is 26.4 Å². The van der Waals surface area contributed by atoms with Crippen LogP contribution in [0.15, 0.2) is 23.4 Å². The fourth-order valence-corrected chi connectivity index (χ4v) is 2.38. The second-order valence-corrected chi connectivity index (χ2v) is 5.39. The zero-order valence-corrected chi connectivity index (χ0v) is 12.5. The number of rotatable bonds is 4. The molecule has 0 spiro atoms. The van der Waals surface area contributed by atoms with E-state index in [1.54, 1.807) is 0 Å². The summed E-state index contributed by atoms with van der Waals surface area (Å²) in [6.07, 6.45) is 0. The molecule has 0 aliphatic heterocycles. The number of aromatic nitrogens is 3. The second-order valence-electron chi connectivity index (χ2n) is 4.45. The maximum Gasteiger partial charge on any atom is 0.234 e. The predicted molar refractivity (Wildman–Crippen MR) is 80.7 cm³/mol. The minimum absolute atomic E-state index is 0.0932. The topological polar surface area (TPSA) is 85.8 Å². The molecule has 1 aromatic heterocycles. The minimum atomic E-state index is -0.0932. The number of carbonyl (C=O) groups is 1. The number of aryl methyl sites for hydroxylation is 1. The molecule has 0 aliphatic carbocycles. The summed E-state index contributed by atoms with van der Waals surface area (Å²) in [5.41, 5.74) is 8.09. The van der Waals surface area contributed by atoms with Gasteiger partial charge in [-0.25, -0.2) is 0 Å². The van der Waals surface area contributed by atoms with Crippen LogP contribution in [0.2, 0.25) is 0 Å². The normalized spacial score (nSPS) is 10.6. The first-order chi connectivity index (χ1) is 9.49. The smallest absolute Gasteiger partial charge is 0.234 e. The molecule has 0 unspecified atom stereocenters. The molecule has 20 heavy (non-hydrogen) atoms. The number of nitrogen functional groups attached to an aromatic ring is 1. The highest BCUT2D eigenvalue weighted by Gasteiger charge is 2.10. The van der Waals surface area contributed by atoms with Gasteiger partial charge in [-0.1, -0.05) is 17.8 Å². The molecule has 6 nitrogen and oxygen atoms in total. The van der Waals surface area contributed by atoms with E-state index in [4.69, 9.17) is 5.73 Å². The first kappa shape index (κ1) is 14.4. The van der Waals surface area contributed by atoms with E-state index in [1.165, 1.54) is 11.8 Å². The lowest BCUT2D eigenvalue weighted by Gasteiger charge is -2.09. The standard InChI is InChI=1S/C13H17N5OS/c1-8-10(14)5-4-6-11(8)15-12(19)7-20-13-17-16-9(2)18(13)3/h4-6H,7,14H2,1-3H3,(H,15,19). The molecular formula is C13H17N5OS. The van der Waals surface area contributed by atoms with Gasteiger partial charge in [0.05, 0.1) is 5.75 Å². The summed E-state index contributed by atoms with van der Waals surface area (Å²) in [5.74, 6) is 1.00. The van der Waals surface area contributed by atoms with Gasteiger partial charge in [-0.05, 0) is 31.5 Å². The van der Waals surface area contributed by atoms with Crippen LogP contribution in [-0.2, 0) is 11.8 Å². The van der Waals surface area contributed by atoms with Crippen LogP contribution in [0.1, 0.15) is 11.4 Å². The number of nitrogens with zero attached hydrogens (tertiary/aromatic N) is 3. The molecule has 0 saturated heterocycles. The van der Waals surface area contributed by atoms with Crippen LogP contribution in [0, 0.1) is 13.8 Å². The van der Waals surface area contributed by atoms with Crippen LogP contribution < -0.4 is 11.1 Å². The Labute approximate surface area is 121 Å². The van der Waals surface area contributed by atoms with Crippen molar-refractivity contribution < 1.29 is 4.79 Å². The second kappa shape index (κ2) is 5.96. The number of amides is 1. The van der Waals surface area contributed by atoms with E-state index in [0.29, 0.717) is 5.69 Å². The molecule has 0 bridgehead atoms. The van der Waals surface area contributed by atoms with Crippen molar-refractivity contribution in [1.29, 1.82) is 0 Å². The lowest BCUT2D eigenvalue weighted by atomic mass is 10.1. The highest BCUT2D eigenvalue weighted by Crippen LogP contribution is 2.21. The summed E-state index contributed by atoms with van der Waals surface area (Å²) in [6.45, 7) is 3.75. The molecule has 1 aromatic carbocycles. The lowest BCUT2D eigenvalue weighted by molar-refractivity contribution is -0.113. The Bertz CT molecular complexity index is 638. The summed E-state index contributed by atoms with van der Waals surface area (Å²) in [4.78, 5) is 11.9. The summed E-state index contributed by atoms with van der Waals surface area (Å²) in [6, 6.07) is 5.46. The third-order valence-corrected chi connectivity index (χ3v) is 4.05. The zero-order valence-electron chi connectivity index (χ0n) is 11.7. The van der Waals surface area contributed by atoms with Gasteiger partial charge >= 0.3 is 0 Å². The highest BCUT2D eigenvalue weighted by atomic mass is 32.2. The van der Waals surface area contributed by atoms with E-state index < -0.39 is 0 Å². The molecule has 0 radical (unpaired) electrons. The first-order valence-corrected chi connectivity index (χ1v) is 7.11. The highest BCUT2D eigenvalue weighted by molar-refractivity contribution is 7.99. The zero-order chi connectivity index (χ0) is 14.7. The van der Waals surface area contributed by atoms with Crippen LogP contribution in [0.3, 0.4) is 0 Å². The molecule has 0 fully saturated rings. The number of thioether (sulfide) groups is 1. The molecule has 0 saturated carbocycles. The van der Waals surface area contributed by atoms with Gasteiger partial charge in [0.2, 0.25) is 5.91 Å². The van der Waals surface area contributed by atoms with Gasteiger partial charge in [0.15, 0.2) is 5.16 Å². The number of hydrogen-bond acceptors (Lipinski definition) is 5. The largest absolute Gasteiger partial charge is 0.398 e. The minimum Gasteiger partial charge on any atom is -0.398 e. The van der Waals surface area contributed by atoms with Crippen molar-refractivity contribution in [2.24, 2.45) is 7.05 Å². The first-order valence-electron chi connectivity index (χ1n) is 6.12. The fourth-order valence-electron chi connectivity index (χ4n) is 1.62. The number of benzene rings is 1. The van der Waals surface area contributed by atoms with E-state index in [0.717, 1.165) is 22.2 Å². The Balaban J connectivity index is 1.96. The molecule has 1 heterocycles. The van der Waals surface area contributed by atoms with E-state index in [-0.39, 0.29) is 11.7 Å². The molecule has 7 heteroatoms. The molecular weight excluding hydrogens is 274 g/mol. The van der Waals surface area contributed by atoms with Crippen LogP contribution >= 0.6 is 11.8 Å². The summed E-state index contributed by atoms with van der Waals surface area (Å²) < 4.78 is 1.85. The van der Waals surface area contributed by atoms with Gasteiger partial charge in [-0.2, -0.15) is 0 Å². The monoisotopic (exact) mass is 291 g/mol. The Morgan fingerprint density at radius 1 is 1.40 bits per heavy atom. The number of carbonyl (C=O) groups excluding carboxylic acids is 1. The van der Waals surface area contributed by atoms with Crippen molar-refractivity contribution in [2.75, 3.05) is 16.8 Å². The van der Waals surface area contributed by atoms with Gasteiger partial charge in [0, 0.05) is 18.4 Å². The van der Waals surface area contributed by atoms with E-state index in [9.17, 15) is 4.79 Å². The van der Waals surface area contributed by atoms with Crippen LogP contribution in [0.5, 0.6) is 0 Å². The molecule has 106 valence electrons. The van der Waals surface area contributed by atoms with Gasteiger partial charge in [-0.15, -0.1) is 10.2 Å². The predicted octanol–water partition coefficient (Wildman–Crippen LogP) is 1.74. The molecule has 1 amide bonds. The van der Waals surface area contributed by atoms with Crippen molar-refractivity contribution in [3.63, 3.8) is 0 Å². The average molecular weight is 291 g/mol. The summed E-state index contributed by atoms with van der Waals surface area (Å²) >= 11 is 1.35. The van der Waals surface area contributed by atoms with Crippen molar-refractivity contribution in [3.8, 4) is 0 Å². The van der Waals surface area contributed by atoms with Gasteiger partial charge in [0.25, 0.3) is 0 Å². The Hall–Kier alpha value is -2.02. The van der Waals surface area contributed by atoms with Crippen molar-refractivity contribution in [3.05, 3.63) is 29.6 Å². The fraction of sp³-hybridized carbons (Fsp3) is 0.308. The lowest BCUT2D eigenvalue weighted by Crippen LogP contribution is -2.15. The average Bonchev–Trinajstić information content (AvgIpc) is 2.73. The van der Waals surface area contributed by atoms with Crippen molar-refractivity contribution in [2.45, 2.75) is 19.0 Å². The third kappa shape index (κ3) is 3.11. The number of nitrogens with two attached hydrogens (primary N) is 1. The SMILES string of the molecule is Cc1c(N)cccc1NC(=O)CSc1nnc(C)n1C. The van der Waals surface area contributed by atoms with Gasteiger partial charge < -0.3 is 15.6 Å². The number of nitrogens with one attached hydrogen (secondary N) is 1. The quantitative estimate of drug-likeness (QED) is 0.662. The Morgan fingerprint density at radius 2 is 2.15 bits per heavy atom. The maximum absolute atomic E-state index is 11.9. The van der Waals surface area contributed by atoms with Gasteiger partial charge in [0.1, 0.15) is 5.82 Å². The number of anilines is 2. The van der Waals surface area contributed by atoms with Gasteiger partial charge in [-0.3, -0.25) is 4.79 Å². The van der Waals surface area contributed by atoms with E-state index in [1.807, 2.05) is 43.7 Å². The molecule has 0 aliphatic rings. The Morgan fingerprint density at radius 3 is 2.80 bits per heavy atom. The summed E-state index contributed by atoms with van der Waals surface area (Å²) in [5, 5.41) is 11.5. The number of hydrogen-bond donors (Lipinski definition) is 2. The van der Waals surface area contributed by atoms with Crippen molar-refractivity contribution >= 4 is 29.0 Å². The van der Waals surface area contributed by atoms with Crippen LogP contribution in [0.25, 0.3) is 0 Å². The maximum atomic E-state index is 11.9. The molecule has 0 atom stereocenters. The molecule has 2 rings (SSSR count). The summed E-state index contributed by atoms with van der Waals surface area (Å²) in [7, 11) is 1.87. The van der Waals surface area contributed by atoms with E-state index >= 15 is 0 Å². The van der Waals surface area contributed by atoms with Crippen molar-refractivity contribution in [1.82, 2.24) is 14.8 Å². The van der Waals surface area contributed by atoms with E-state index in [2.05, 4.69) is 15.5 Å². The molecule has 3 N–H and O–H groups in total. The molecule has 2 aromatic rings.